The molecule has 2 aliphatic heterocycles. The van der Waals surface area contributed by atoms with Gasteiger partial charge in [-0.1, -0.05) is 24.6 Å². The van der Waals surface area contributed by atoms with Gasteiger partial charge in [-0.05, 0) is 55.2 Å². The van der Waals surface area contributed by atoms with Crippen molar-refractivity contribution in [1.82, 2.24) is 8.87 Å². The molecule has 3 heterocycles. The Morgan fingerprint density at radius 1 is 0.935 bits per heavy atom. The number of amides is 1. The van der Waals surface area contributed by atoms with E-state index < -0.39 is 10.0 Å². The summed E-state index contributed by atoms with van der Waals surface area (Å²) >= 11 is 0. The molecule has 0 N–H and O–H groups in total. The highest BCUT2D eigenvalue weighted by atomic mass is 32.2. The predicted molar refractivity (Wildman–Crippen MR) is 122 cm³/mol. The average molecular weight is 438 g/mol. The van der Waals surface area contributed by atoms with Crippen LogP contribution in [-0.2, 0) is 27.8 Å². The van der Waals surface area contributed by atoms with E-state index >= 15 is 0 Å². The Bertz CT molecular complexity index is 1230. The third kappa shape index (κ3) is 3.77. The van der Waals surface area contributed by atoms with Crippen LogP contribution in [0.2, 0.25) is 0 Å². The Hall–Kier alpha value is -2.64. The zero-order valence-electron chi connectivity index (χ0n) is 17.5. The molecule has 0 spiro atoms. The van der Waals surface area contributed by atoms with Gasteiger partial charge in [0.1, 0.15) is 0 Å². The summed E-state index contributed by atoms with van der Waals surface area (Å²) in [5, 5.41) is 0.886. The van der Waals surface area contributed by atoms with Crippen LogP contribution in [0.25, 0.3) is 10.9 Å². The van der Waals surface area contributed by atoms with Crippen molar-refractivity contribution in [2.24, 2.45) is 0 Å². The summed E-state index contributed by atoms with van der Waals surface area (Å²) in [6.45, 7) is 2.51. The Morgan fingerprint density at radius 2 is 1.74 bits per heavy atom. The summed E-state index contributed by atoms with van der Waals surface area (Å²) in [7, 11) is -3.45. The lowest BCUT2D eigenvalue weighted by Gasteiger charge is -2.25. The number of aromatic nitrogens is 1. The van der Waals surface area contributed by atoms with Crippen molar-refractivity contribution in [2.45, 2.75) is 43.5 Å². The standard InChI is InChI=1S/C24H27N3O3S/c28-24(27-17-11-19-6-2-3-7-23(19)27)12-16-25-15-10-20-18-21(8-9-22(20)25)31(29,30)26-13-4-1-5-14-26/h2-3,6-10,15,18H,1,4-5,11-14,16-17H2. The smallest absolute Gasteiger partial charge is 0.243 e. The number of para-hydroxylation sites is 1. The van der Waals surface area contributed by atoms with Crippen molar-refractivity contribution in [3.8, 4) is 0 Å². The SMILES string of the molecule is O=C(CCn1ccc2cc(S(=O)(=O)N3CCCCC3)ccc21)N1CCc2ccccc21. The van der Waals surface area contributed by atoms with Gasteiger partial charge in [-0.3, -0.25) is 4.79 Å². The summed E-state index contributed by atoms with van der Waals surface area (Å²) in [5.41, 5.74) is 3.20. The summed E-state index contributed by atoms with van der Waals surface area (Å²) in [6.07, 6.45) is 6.19. The van der Waals surface area contributed by atoms with Crippen LogP contribution in [0, 0.1) is 0 Å². The number of anilines is 1. The topological polar surface area (TPSA) is 62.6 Å². The van der Waals surface area contributed by atoms with E-state index in [9.17, 15) is 13.2 Å². The van der Waals surface area contributed by atoms with Crippen molar-refractivity contribution >= 4 is 32.5 Å². The van der Waals surface area contributed by atoms with Crippen molar-refractivity contribution in [3.63, 3.8) is 0 Å². The van der Waals surface area contributed by atoms with Crippen LogP contribution in [0.3, 0.4) is 0 Å². The van der Waals surface area contributed by atoms with Crippen LogP contribution < -0.4 is 4.90 Å². The molecule has 0 radical (unpaired) electrons. The summed E-state index contributed by atoms with van der Waals surface area (Å²) < 4.78 is 29.6. The number of carbonyl (C=O) groups excluding carboxylic acids is 1. The number of fused-ring (bicyclic) bond motifs is 2. The number of aryl methyl sites for hydroxylation is 1. The number of benzene rings is 2. The lowest BCUT2D eigenvalue weighted by molar-refractivity contribution is -0.118. The van der Waals surface area contributed by atoms with E-state index in [-0.39, 0.29) is 5.91 Å². The first-order valence-electron chi connectivity index (χ1n) is 11.0. The first kappa shape index (κ1) is 20.3. The second kappa shape index (κ2) is 8.13. The predicted octanol–water partition coefficient (Wildman–Crippen LogP) is 3.80. The van der Waals surface area contributed by atoms with Gasteiger partial charge in [0.25, 0.3) is 0 Å². The Kier molecular flexibility index (Phi) is 5.32. The molecule has 0 saturated carbocycles. The third-order valence-corrected chi connectivity index (χ3v) is 8.34. The Morgan fingerprint density at radius 3 is 2.58 bits per heavy atom. The van der Waals surface area contributed by atoms with E-state index in [1.54, 1.807) is 16.4 Å². The van der Waals surface area contributed by atoms with E-state index in [2.05, 4.69) is 6.07 Å². The van der Waals surface area contributed by atoms with Gasteiger partial charge in [0.2, 0.25) is 15.9 Å². The van der Waals surface area contributed by atoms with E-state index in [4.69, 9.17) is 0 Å². The maximum atomic E-state index is 13.0. The average Bonchev–Trinajstić information content (AvgIpc) is 3.42. The number of hydrogen-bond donors (Lipinski definition) is 0. The molecule has 0 aliphatic carbocycles. The first-order chi connectivity index (χ1) is 15.0. The quantitative estimate of drug-likeness (QED) is 0.610. The third-order valence-electron chi connectivity index (χ3n) is 6.45. The molecule has 0 atom stereocenters. The number of hydrogen-bond acceptors (Lipinski definition) is 3. The van der Waals surface area contributed by atoms with Crippen molar-refractivity contribution in [1.29, 1.82) is 0 Å². The molecule has 1 aromatic heterocycles. The Balaban J connectivity index is 1.31. The number of sulfonamides is 1. The van der Waals surface area contributed by atoms with Gasteiger partial charge in [0.15, 0.2) is 0 Å². The van der Waals surface area contributed by atoms with Gasteiger partial charge in [-0.2, -0.15) is 4.31 Å². The van der Waals surface area contributed by atoms with E-state index in [0.29, 0.717) is 31.0 Å². The van der Waals surface area contributed by atoms with Gasteiger partial charge in [0, 0.05) is 55.4 Å². The molecule has 1 fully saturated rings. The fourth-order valence-corrected chi connectivity index (χ4v) is 6.29. The molecule has 3 aromatic rings. The fourth-order valence-electron chi connectivity index (χ4n) is 4.74. The molecule has 0 unspecified atom stereocenters. The molecule has 2 aromatic carbocycles. The van der Waals surface area contributed by atoms with E-state index in [1.165, 1.54) is 5.56 Å². The van der Waals surface area contributed by atoms with Crippen molar-refractivity contribution in [3.05, 3.63) is 60.3 Å². The normalized spacial score (nSPS) is 17.2. The number of carbonyl (C=O) groups is 1. The number of piperidine rings is 1. The van der Waals surface area contributed by atoms with Crippen LogP contribution in [0.1, 0.15) is 31.2 Å². The highest BCUT2D eigenvalue weighted by molar-refractivity contribution is 7.89. The summed E-state index contributed by atoms with van der Waals surface area (Å²) in [5.74, 6) is 0.121. The molecule has 31 heavy (non-hydrogen) atoms. The van der Waals surface area contributed by atoms with E-state index in [1.807, 2.05) is 46.0 Å². The van der Waals surface area contributed by atoms with Crippen molar-refractivity contribution in [2.75, 3.05) is 24.5 Å². The minimum Gasteiger partial charge on any atom is -0.347 e. The zero-order valence-corrected chi connectivity index (χ0v) is 18.4. The zero-order chi connectivity index (χ0) is 21.4. The molecule has 0 bridgehead atoms. The molecule has 1 saturated heterocycles. The highest BCUT2D eigenvalue weighted by Gasteiger charge is 2.26. The lowest BCUT2D eigenvalue weighted by atomic mass is 10.2. The number of nitrogens with zero attached hydrogens (tertiary/aromatic N) is 3. The van der Waals surface area contributed by atoms with Gasteiger partial charge >= 0.3 is 0 Å². The van der Waals surface area contributed by atoms with Gasteiger partial charge < -0.3 is 9.47 Å². The molecule has 6 nitrogen and oxygen atoms in total. The molecular weight excluding hydrogens is 410 g/mol. The second-order valence-corrected chi connectivity index (χ2v) is 10.3. The molecular formula is C24H27N3O3S. The molecule has 1 amide bonds. The molecule has 5 rings (SSSR count). The van der Waals surface area contributed by atoms with Gasteiger partial charge in [-0.25, -0.2) is 8.42 Å². The van der Waals surface area contributed by atoms with Crippen LogP contribution in [0.15, 0.2) is 59.6 Å². The van der Waals surface area contributed by atoms with Crippen LogP contribution in [0.5, 0.6) is 0 Å². The maximum Gasteiger partial charge on any atom is 0.243 e. The van der Waals surface area contributed by atoms with Crippen LogP contribution in [-0.4, -0.2) is 42.8 Å². The largest absolute Gasteiger partial charge is 0.347 e. The second-order valence-electron chi connectivity index (χ2n) is 8.37. The maximum absolute atomic E-state index is 13.0. The minimum atomic E-state index is -3.45. The molecule has 162 valence electrons. The number of rotatable bonds is 5. The lowest BCUT2D eigenvalue weighted by Crippen LogP contribution is -2.35. The van der Waals surface area contributed by atoms with Crippen molar-refractivity contribution < 1.29 is 13.2 Å². The van der Waals surface area contributed by atoms with Gasteiger partial charge in [0.05, 0.1) is 4.90 Å². The van der Waals surface area contributed by atoms with Crippen LogP contribution >= 0.6 is 0 Å². The molecule has 2 aliphatic rings. The van der Waals surface area contributed by atoms with Gasteiger partial charge in [-0.15, -0.1) is 0 Å². The first-order valence-corrected chi connectivity index (χ1v) is 12.5. The monoisotopic (exact) mass is 437 g/mol. The Labute approximate surface area is 183 Å². The summed E-state index contributed by atoms with van der Waals surface area (Å²) in [6, 6.07) is 15.3. The fraction of sp³-hybridized carbons (Fsp3) is 0.375. The minimum absolute atomic E-state index is 0.121. The molecule has 7 heteroatoms. The summed E-state index contributed by atoms with van der Waals surface area (Å²) in [4.78, 5) is 15.1. The highest BCUT2D eigenvalue weighted by Crippen LogP contribution is 2.29. The van der Waals surface area contributed by atoms with E-state index in [0.717, 1.165) is 48.8 Å². The van der Waals surface area contributed by atoms with Crippen LogP contribution in [0.4, 0.5) is 5.69 Å².